The summed E-state index contributed by atoms with van der Waals surface area (Å²) >= 11 is 7.07. The van der Waals surface area contributed by atoms with Crippen molar-refractivity contribution in [3.63, 3.8) is 0 Å². The monoisotopic (exact) mass is 608 g/mol. The average Bonchev–Trinajstić information content (AvgIpc) is 3.28. The van der Waals surface area contributed by atoms with Gasteiger partial charge in [0.1, 0.15) is 23.7 Å². The minimum absolute atomic E-state index is 0.214. The van der Waals surface area contributed by atoms with E-state index in [2.05, 4.69) is 48.9 Å². The predicted molar refractivity (Wildman–Crippen MR) is 136 cm³/mol. The van der Waals surface area contributed by atoms with Crippen molar-refractivity contribution in [2.24, 2.45) is 0 Å². The van der Waals surface area contributed by atoms with E-state index in [9.17, 15) is 14.0 Å². The molecule has 2 amide bonds. The Morgan fingerprint density at radius 2 is 2.06 bits per heavy atom. The Bertz CT molecular complexity index is 1010. The standard InChI is InChI=1S/C20H27FIN7O4S/c1-20(2,12-22)33-18(31)25-10-17(30)24-7-6-23-16-5-4-14(8-15(16)21)29-11-13(27-28-29)9-26-19(34)32-3/h4-5,8,11,23H,6-7,9-10,12H2,1-3H3,(H,24,30)(H,25,31)(H,26,34)/p+1. The van der Waals surface area contributed by atoms with E-state index in [1.165, 1.54) is 17.9 Å². The fourth-order valence-corrected chi connectivity index (χ4v) is 2.75. The van der Waals surface area contributed by atoms with Gasteiger partial charge in [0.25, 0.3) is 0 Å². The minimum Gasteiger partial charge on any atom is -0.447 e. The molecule has 0 saturated heterocycles. The molecule has 0 unspecified atom stereocenters. The van der Waals surface area contributed by atoms with Crippen LogP contribution in [0.25, 0.3) is 5.69 Å². The molecule has 0 atom stereocenters. The summed E-state index contributed by atoms with van der Waals surface area (Å²) in [5, 5.41) is 18.0. The summed E-state index contributed by atoms with van der Waals surface area (Å²) in [6.45, 7) is 4.32. The number of thiocarbonyl (C=S) groups is 1. The maximum Gasteiger partial charge on any atom is 0.408 e. The number of nitrogens with two attached hydrogens (primary N) is 1. The predicted octanol–water partition coefficient (Wildman–Crippen LogP) is 0.869. The van der Waals surface area contributed by atoms with Gasteiger partial charge < -0.3 is 25.4 Å². The van der Waals surface area contributed by atoms with Crippen LogP contribution in [-0.2, 0) is 20.8 Å². The van der Waals surface area contributed by atoms with Gasteiger partial charge in [-0.15, -0.1) is 5.10 Å². The van der Waals surface area contributed by atoms with E-state index in [-0.39, 0.29) is 31.2 Å². The van der Waals surface area contributed by atoms with Gasteiger partial charge in [0, 0.05) is 35.8 Å². The van der Waals surface area contributed by atoms with Crippen molar-refractivity contribution in [1.29, 1.82) is 0 Å². The molecule has 14 heteroatoms. The van der Waals surface area contributed by atoms with Crippen LogP contribution in [0.4, 0.5) is 14.9 Å². The second-order valence-corrected chi connectivity index (χ2v) is 8.83. The quantitative estimate of drug-likeness (QED) is 0.128. The summed E-state index contributed by atoms with van der Waals surface area (Å²) in [4.78, 5) is 23.5. The summed E-state index contributed by atoms with van der Waals surface area (Å²) in [5.74, 6) is -0.859. The Morgan fingerprint density at radius 3 is 2.74 bits per heavy atom. The Hall–Kier alpha value is -2.59. The molecule has 1 aromatic heterocycles. The van der Waals surface area contributed by atoms with Gasteiger partial charge in [0.2, 0.25) is 5.91 Å². The van der Waals surface area contributed by atoms with Crippen molar-refractivity contribution in [2.45, 2.75) is 26.0 Å². The fourth-order valence-electron chi connectivity index (χ4n) is 2.51. The number of rotatable bonds is 11. The number of quaternary nitrogens is 1. The van der Waals surface area contributed by atoms with Crippen LogP contribution in [-0.4, -0.2) is 68.9 Å². The number of nitrogens with one attached hydrogen (secondary N) is 3. The second-order valence-electron chi connectivity index (χ2n) is 7.66. The van der Waals surface area contributed by atoms with Crippen molar-refractivity contribution in [3.8, 4) is 5.69 Å². The number of halogens is 2. The van der Waals surface area contributed by atoms with Crippen LogP contribution in [0.3, 0.4) is 0 Å². The van der Waals surface area contributed by atoms with E-state index in [4.69, 9.17) is 21.7 Å². The second kappa shape index (κ2) is 13.3. The van der Waals surface area contributed by atoms with E-state index in [0.29, 0.717) is 27.5 Å². The summed E-state index contributed by atoms with van der Waals surface area (Å²) in [7, 11) is 1.49. The smallest absolute Gasteiger partial charge is 0.408 e. The normalized spacial score (nSPS) is 11.0. The number of hydrogen-bond acceptors (Lipinski definition) is 8. The third kappa shape index (κ3) is 9.34. The number of aromatic nitrogens is 3. The van der Waals surface area contributed by atoms with E-state index >= 15 is 0 Å². The lowest BCUT2D eigenvalue weighted by Gasteiger charge is -2.22. The number of ether oxygens (including phenoxy) is 2. The lowest BCUT2D eigenvalue weighted by molar-refractivity contribution is -0.568. The van der Waals surface area contributed by atoms with E-state index in [0.717, 1.165) is 0 Å². The zero-order chi connectivity index (χ0) is 25.1. The molecule has 5 N–H and O–H groups in total. The number of carbonyl (C=O) groups excluding carboxylic acids is 2. The zero-order valence-electron chi connectivity index (χ0n) is 19.1. The van der Waals surface area contributed by atoms with Crippen LogP contribution >= 0.6 is 34.8 Å². The number of anilines is 1. The van der Waals surface area contributed by atoms with E-state index < -0.39 is 17.5 Å². The fraction of sp³-hybridized carbons (Fsp3) is 0.450. The molecule has 0 radical (unpaired) electrons. The van der Waals surface area contributed by atoms with Gasteiger partial charge in [-0.3, -0.25) is 10.1 Å². The van der Waals surface area contributed by atoms with E-state index in [1.807, 2.05) is 0 Å². The lowest BCUT2D eigenvalue weighted by Crippen LogP contribution is -2.86. The van der Waals surface area contributed by atoms with Gasteiger partial charge in [-0.2, -0.15) is 0 Å². The Kier molecular flexibility index (Phi) is 10.8. The maximum atomic E-state index is 14.5. The molecular weight excluding hydrogens is 580 g/mol. The highest BCUT2D eigenvalue weighted by Crippen LogP contribution is 2.18. The molecule has 2 rings (SSSR count). The van der Waals surface area contributed by atoms with Gasteiger partial charge in [-0.1, -0.05) is 27.8 Å². The molecule has 0 aliphatic carbocycles. The molecule has 0 aliphatic heterocycles. The first-order chi connectivity index (χ1) is 16.1. The number of alkyl carbamates (subject to hydrolysis) is 1. The highest BCUT2D eigenvalue weighted by atomic mass is 127. The van der Waals surface area contributed by atoms with Crippen LogP contribution in [0.2, 0.25) is 0 Å². The van der Waals surface area contributed by atoms with Crippen molar-refractivity contribution < 1.29 is 28.8 Å². The van der Waals surface area contributed by atoms with Gasteiger partial charge >= 0.3 is 11.3 Å². The number of nitrogens with zero attached hydrogens (tertiary/aromatic N) is 3. The molecular formula is C20H28FIN7O4S+. The van der Waals surface area contributed by atoms with Crippen LogP contribution in [0.5, 0.6) is 0 Å². The molecule has 1 aromatic carbocycles. The third-order valence-corrected chi connectivity index (χ3v) is 6.45. The SMILES string of the molecule is COC(=S)[NH2+]Cc1cn(-c2ccc(NCCNC(=O)CNC(=O)OC(C)(C)CI)c(F)c2)nn1. The highest BCUT2D eigenvalue weighted by Gasteiger charge is 2.21. The van der Waals surface area contributed by atoms with Crippen molar-refractivity contribution >= 4 is 57.7 Å². The largest absolute Gasteiger partial charge is 0.447 e. The van der Waals surface area contributed by atoms with Crippen molar-refractivity contribution in [2.75, 3.05) is 36.5 Å². The molecule has 186 valence electrons. The number of methoxy groups -OCH3 is 1. The highest BCUT2D eigenvalue weighted by molar-refractivity contribution is 14.1. The Balaban J connectivity index is 1.75. The van der Waals surface area contributed by atoms with Crippen LogP contribution in [0.1, 0.15) is 19.5 Å². The number of benzene rings is 1. The van der Waals surface area contributed by atoms with Gasteiger partial charge in [0.05, 0.1) is 31.2 Å². The minimum atomic E-state index is -0.659. The summed E-state index contributed by atoms with van der Waals surface area (Å²) in [5.41, 5.74) is 0.833. The molecule has 0 aliphatic rings. The van der Waals surface area contributed by atoms with E-state index in [1.54, 1.807) is 37.5 Å². The molecule has 2 aromatic rings. The van der Waals surface area contributed by atoms with Crippen LogP contribution < -0.4 is 21.3 Å². The Labute approximate surface area is 215 Å². The average molecular weight is 608 g/mol. The van der Waals surface area contributed by atoms with Crippen molar-refractivity contribution in [1.82, 2.24) is 25.6 Å². The van der Waals surface area contributed by atoms with Gasteiger partial charge in [-0.05, 0) is 26.0 Å². The summed E-state index contributed by atoms with van der Waals surface area (Å²) in [6, 6.07) is 4.60. The molecule has 0 spiro atoms. The first kappa shape index (κ1) is 27.7. The molecule has 34 heavy (non-hydrogen) atoms. The number of carbonyl (C=O) groups is 2. The lowest BCUT2D eigenvalue weighted by atomic mass is 10.2. The molecule has 0 saturated carbocycles. The zero-order valence-corrected chi connectivity index (χ0v) is 22.0. The van der Waals surface area contributed by atoms with Crippen LogP contribution in [0.15, 0.2) is 24.4 Å². The van der Waals surface area contributed by atoms with Crippen LogP contribution in [0, 0.1) is 5.82 Å². The van der Waals surface area contributed by atoms with Crippen molar-refractivity contribution in [3.05, 3.63) is 35.9 Å². The number of alkyl halides is 1. The summed E-state index contributed by atoms with van der Waals surface area (Å²) < 4.78 is 26.7. The molecule has 0 bridgehead atoms. The van der Waals surface area contributed by atoms with Gasteiger partial charge in [0.15, 0.2) is 0 Å². The molecule has 0 fully saturated rings. The summed E-state index contributed by atoms with van der Waals surface area (Å²) in [6.07, 6.45) is 1.02. The molecule has 11 nitrogen and oxygen atoms in total. The maximum absolute atomic E-state index is 14.5. The van der Waals surface area contributed by atoms with Gasteiger partial charge in [-0.25, -0.2) is 13.9 Å². The first-order valence-electron chi connectivity index (χ1n) is 10.3. The first-order valence-corrected chi connectivity index (χ1v) is 12.2. The molecule has 1 heterocycles. The number of hydrogen-bond donors (Lipinski definition) is 4. The Morgan fingerprint density at radius 1 is 1.29 bits per heavy atom. The topological polar surface area (TPSA) is 136 Å². The number of amides is 2. The third-order valence-electron chi connectivity index (χ3n) is 4.28.